The lowest BCUT2D eigenvalue weighted by Gasteiger charge is -2.33. The Kier molecular flexibility index (Phi) is 5.41. The molecule has 110 valence electrons. The van der Waals surface area contributed by atoms with E-state index in [9.17, 15) is 9.59 Å². The van der Waals surface area contributed by atoms with E-state index >= 15 is 0 Å². The second-order valence-corrected chi connectivity index (χ2v) is 5.60. The molecule has 0 bridgehead atoms. The van der Waals surface area contributed by atoms with E-state index in [0.717, 1.165) is 19.6 Å². The molecule has 1 aliphatic rings. The van der Waals surface area contributed by atoms with Crippen molar-refractivity contribution in [3.05, 3.63) is 0 Å². The third kappa shape index (κ3) is 6.28. The average molecular weight is 272 g/mol. The van der Waals surface area contributed by atoms with Gasteiger partial charge in [0.2, 0.25) is 0 Å². The number of ether oxygens (including phenoxy) is 1. The maximum atomic E-state index is 11.4. The van der Waals surface area contributed by atoms with Crippen molar-refractivity contribution in [2.45, 2.75) is 26.4 Å². The molecule has 1 fully saturated rings. The molecule has 7 nitrogen and oxygen atoms in total. The molecule has 0 aromatic carbocycles. The Hall–Kier alpha value is -1.50. The lowest BCUT2D eigenvalue weighted by Crippen LogP contribution is -2.51. The third-order valence-electron chi connectivity index (χ3n) is 2.78. The summed E-state index contributed by atoms with van der Waals surface area (Å²) in [6.45, 7) is 9.60. The van der Waals surface area contributed by atoms with Crippen LogP contribution in [-0.4, -0.2) is 66.8 Å². The van der Waals surface area contributed by atoms with Crippen molar-refractivity contribution >= 4 is 12.1 Å². The molecule has 0 aromatic heterocycles. The van der Waals surface area contributed by atoms with Crippen LogP contribution in [0.4, 0.5) is 9.59 Å². The molecule has 3 amide bonds. The normalized spacial score (nSPS) is 17.1. The number of carbonyl (C=O) groups is 2. The molecule has 1 saturated heterocycles. The Labute approximate surface area is 114 Å². The first-order valence-corrected chi connectivity index (χ1v) is 6.51. The molecular formula is C12H24N4O3. The number of hydrogen-bond donors (Lipinski definition) is 2. The lowest BCUT2D eigenvalue weighted by molar-refractivity contribution is 0.0519. The molecule has 0 spiro atoms. The van der Waals surface area contributed by atoms with Crippen LogP contribution in [0.2, 0.25) is 0 Å². The van der Waals surface area contributed by atoms with Gasteiger partial charge in [0.1, 0.15) is 5.60 Å². The number of hydrogen-bond acceptors (Lipinski definition) is 4. The summed E-state index contributed by atoms with van der Waals surface area (Å²) in [5.41, 5.74) is 4.73. The quantitative estimate of drug-likeness (QED) is 0.768. The van der Waals surface area contributed by atoms with Crippen LogP contribution in [0.3, 0.4) is 0 Å². The molecule has 1 rings (SSSR count). The van der Waals surface area contributed by atoms with Gasteiger partial charge in [-0.25, -0.2) is 9.59 Å². The van der Waals surface area contributed by atoms with Crippen LogP contribution in [-0.2, 0) is 4.74 Å². The molecule has 0 radical (unpaired) electrons. The van der Waals surface area contributed by atoms with Crippen molar-refractivity contribution in [3.63, 3.8) is 0 Å². The summed E-state index contributed by atoms with van der Waals surface area (Å²) in [6, 6.07) is -0.369. The minimum absolute atomic E-state index is 0.369. The highest BCUT2D eigenvalue weighted by atomic mass is 16.6. The van der Waals surface area contributed by atoms with E-state index < -0.39 is 11.7 Å². The zero-order chi connectivity index (χ0) is 14.5. The number of primary amides is 1. The Morgan fingerprint density at radius 1 is 1.21 bits per heavy atom. The fraction of sp³-hybridized carbons (Fsp3) is 0.833. The van der Waals surface area contributed by atoms with Crippen molar-refractivity contribution < 1.29 is 14.3 Å². The van der Waals surface area contributed by atoms with Gasteiger partial charge >= 0.3 is 12.1 Å². The Bertz CT molecular complexity index is 319. The van der Waals surface area contributed by atoms with Gasteiger partial charge in [-0.15, -0.1) is 0 Å². The predicted octanol–water partition coefficient (Wildman–Crippen LogP) is 0.207. The van der Waals surface area contributed by atoms with Crippen LogP contribution < -0.4 is 11.1 Å². The van der Waals surface area contributed by atoms with Crippen molar-refractivity contribution in [3.8, 4) is 0 Å². The maximum Gasteiger partial charge on any atom is 0.407 e. The van der Waals surface area contributed by atoms with Crippen molar-refractivity contribution in [1.82, 2.24) is 15.1 Å². The highest BCUT2D eigenvalue weighted by Crippen LogP contribution is 2.06. The van der Waals surface area contributed by atoms with Gasteiger partial charge in [-0.1, -0.05) is 0 Å². The molecule has 0 saturated carbocycles. The highest BCUT2D eigenvalue weighted by molar-refractivity contribution is 5.72. The SMILES string of the molecule is CC(C)(C)OC(=O)NCCN1CCN(C(N)=O)CC1. The summed E-state index contributed by atoms with van der Waals surface area (Å²) in [6.07, 6.45) is -0.400. The van der Waals surface area contributed by atoms with Gasteiger partial charge in [0.25, 0.3) is 0 Å². The Morgan fingerprint density at radius 2 is 1.79 bits per heavy atom. The van der Waals surface area contributed by atoms with Gasteiger partial charge < -0.3 is 20.7 Å². The molecule has 1 heterocycles. The molecular weight excluding hydrogens is 248 g/mol. The molecule has 19 heavy (non-hydrogen) atoms. The number of nitrogens with zero attached hydrogens (tertiary/aromatic N) is 2. The van der Waals surface area contributed by atoms with E-state index in [1.54, 1.807) is 4.90 Å². The summed E-state index contributed by atoms with van der Waals surface area (Å²) in [4.78, 5) is 26.2. The summed E-state index contributed by atoms with van der Waals surface area (Å²) >= 11 is 0. The smallest absolute Gasteiger partial charge is 0.407 e. The second-order valence-electron chi connectivity index (χ2n) is 5.60. The minimum atomic E-state index is -0.475. The van der Waals surface area contributed by atoms with Crippen molar-refractivity contribution in [1.29, 1.82) is 0 Å². The Balaban J connectivity index is 2.14. The molecule has 0 aliphatic carbocycles. The lowest BCUT2D eigenvalue weighted by atomic mass is 10.2. The first kappa shape index (κ1) is 15.6. The largest absolute Gasteiger partial charge is 0.444 e. The molecule has 0 unspecified atom stereocenters. The van der Waals surface area contributed by atoms with E-state index in [4.69, 9.17) is 10.5 Å². The van der Waals surface area contributed by atoms with E-state index in [1.807, 2.05) is 20.8 Å². The van der Waals surface area contributed by atoms with Crippen LogP contribution in [0.25, 0.3) is 0 Å². The van der Waals surface area contributed by atoms with E-state index in [2.05, 4.69) is 10.2 Å². The van der Waals surface area contributed by atoms with Gasteiger partial charge in [0, 0.05) is 39.3 Å². The molecule has 1 aliphatic heterocycles. The summed E-state index contributed by atoms with van der Waals surface area (Å²) in [7, 11) is 0. The van der Waals surface area contributed by atoms with Gasteiger partial charge in [0.15, 0.2) is 0 Å². The first-order chi connectivity index (χ1) is 8.78. The van der Waals surface area contributed by atoms with E-state index in [-0.39, 0.29) is 6.03 Å². The highest BCUT2D eigenvalue weighted by Gasteiger charge is 2.19. The summed E-state index contributed by atoms with van der Waals surface area (Å²) in [5, 5.41) is 2.71. The number of nitrogens with two attached hydrogens (primary N) is 1. The van der Waals surface area contributed by atoms with Crippen molar-refractivity contribution in [2.24, 2.45) is 5.73 Å². The topological polar surface area (TPSA) is 87.9 Å². The monoisotopic (exact) mass is 272 g/mol. The number of piperazine rings is 1. The number of rotatable bonds is 3. The number of amides is 3. The van der Waals surface area contributed by atoms with Crippen LogP contribution in [0.5, 0.6) is 0 Å². The van der Waals surface area contributed by atoms with E-state index in [0.29, 0.717) is 19.6 Å². The standard InChI is InChI=1S/C12H24N4O3/c1-12(2,3)19-11(18)14-4-5-15-6-8-16(9-7-15)10(13)17/h4-9H2,1-3H3,(H2,13,17)(H,14,18). The van der Waals surface area contributed by atoms with Gasteiger partial charge in [0.05, 0.1) is 0 Å². The fourth-order valence-corrected chi connectivity index (χ4v) is 1.82. The zero-order valence-corrected chi connectivity index (χ0v) is 11.9. The maximum absolute atomic E-state index is 11.4. The first-order valence-electron chi connectivity index (χ1n) is 6.51. The zero-order valence-electron chi connectivity index (χ0n) is 11.9. The molecule has 0 atom stereocenters. The van der Waals surface area contributed by atoms with Crippen LogP contribution in [0.1, 0.15) is 20.8 Å². The fourth-order valence-electron chi connectivity index (χ4n) is 1.82. The predicted molar refractivity (Wildman–Crippen MR) is 71.8 cm³/mol. The molecule has 0 aromatic rings. The van der Waals surface area contributed by atoms with Crippen LogP contribution >= 0.6 is 0 Å². The van der Waals surface area contributed by atoms with Crippen molar-refractivity contribution in [2.75, 3.05) is 39.3 Å². The van der Waals surface area contributed by atoms with Gasteiger partial charge in [-0.2, -0.15) is 0 Å². The minimum Gasteiger partial charge on any atom is -0.444 e. The van der Waals surface area contributed by atoms with Gasteiger partial charge in [-0.3, -0.25) is 4.90 Å². The van der Waals surface area contributed by atoms with Crippen LogP contribution in [0.15, 0.2) is 0 Å². The van der Waals surface area contributed by atoms with E-state index in [1.165, 1.54) is 0 Å². The third-order valence-corrected chi connectivity index (χ3v) is 2.78. The number of urea groups is 1. The van der Waals surface area contributed by atoms with Crippen LogP contribution in [0, 0.1) is 0 Å². The number of nitrogens with one attached hydrogen (secondary N) is 1. The molecule has 7 heteroatoms. The Morgan fingerprint density at radius 3 is 2.26 bits per heavy atom. The average Bonchev–Trinajstić information content (AvgIpc) is 2.27. The number of carbonyl (C=O) groups excluding carboxylic acids is 2. The van der Waals surface area contributed by atoms with Gasteiger partial charge in [-0.05, 0) is 20.8 Å². The summed E-state index contributed by atoms with van der Waals surface area (Å²) < 4.78 is 5.14. The second kappa shape index (κ2) is 6.60. The summed E-state index contributed by atoms with van der Waals surface area (Å²) in [5.74, 6) is 0. The number of alkyl carbamates (subject to hydrolysis) is 1. The molecule has 3 N–H and O–H groups in total.